The molecule has 1 fully saturated rings. The highest BCUT2D eigenvalue weighted by molar-refractivity contribution is 5.83. The quantitative estimate of drug-likeness (QED) is 0.695. The minimum absolute atomic E-state index is 0.110. The first-order valence-electron chi connectivity index (χ1n) is 6.38. The molecule has 1 saturated heterocycles. The number of aliphatic hydroxyl groups is 1. The first kappa shape index (κ1) is 14.8. The predicted octanol–water partition coefficient (Wildman–Crippen LogP) is 0.793. The molecule has 0 bridgehead atoms. The summed E-state index contributed by atoms with van der Waals surface area (Å²) >= 11 is 0. The highest BCUT2D eigenvalue weighted by Crippen LogP contribution is 2.25. The van der Waals surface area contributed by atoms with E-state index in [4.69, 9.17) is 5.11 Å². The zero-order valence-electron chi connectivity index (χ0n) is 11.1. The van der Waals surface area contributed by atoms with Crippen molar-refractivity contribution >= 4 is 12.0 Å². The maximum atomic E-state index is 12.1. The topological polar surface area (TPSA) is 89.9 Å². The minimum atomic E-state index is -1.26. The Hall–Kier alpha value is -1.30. The summed E-state index contributed by atoms with van der Waals surface area (Å²) in [5.41, 5.74) is 0. The number of nitrogens with zero attached hydrogens (tertiary/aromatic N) is 1. The van der Waals surface area contributed by atoms with E-state index in [2.05, 4.69) is 5.32 Å². The van der Waals surface area contributed by atoms with Gasteiger partial charge in [-0.1, -0.05) is 6.92 Å². The van der Waals surface area contributed by atoms with Crippen LogP contribution in [0.4, 0.5) is 4.79 Å². The van der Waals surface area contributed by atoms with Gasteiger partial charge in [0.2, 0.25) is 0 Å². The molecule has 0 saturated carbocycles. The Labute approximate surface area is 107 Å². The fourth-order valence-corrected chi connectivity index (χ4v) is 2.43. The van der Waals surface area contributed by atoms with E-state index >= 15 is 0 Å². The van der Waals surface area contributed by atoms with Gasteiger partial charge in [0.25, 0.3) is 0 Å². The second-order valence-electron chi connectivity index (χ2n) is 4.90. The lowest BCUT2D eigenvalue weighted by molar-refractivity contribution is -0.141. The van der Waals surface area contributed by atoms with Crippen LogP contribution in [-0.2, 0) is 4.79 Å². The number of carbonyl (C=O) groups excluding carboxylic acids is 1. The Morgan fingerprint density at radius 1 is 1.44 bits per heavy atom. The molecule has 4 unspecified atom stereocenters. The van der Waals surface area contributed by atoms with Gasteiger partial charge in [0.15, 0.2) is 6.04 Å². The van der Waals surface area contributed by atoms with Crippen molar-refractivity contribution < 1.29 is 19.8 Å². The lowest BCUT2D eigenvalue weighted by Crippen LogP contribution is -2.54. The summed E-state index contributed by atoms with van der Waals surface area (Å²) in [6, 6.07) is -1.40. The number of rotatable bonds is 4. The first-order valence-corrected chi connectivity index (χ1v) is 6.38. The van der Waals surface area contributed by atoms with E-state index in [-0.39, 0.29) is 12.1 Å². The maximum Gasteiger partial charge on any atom is 0.328 e. The molecule has 18 heavy (non-hydrogen) atoms. The normalized spacial score (nSPS) is 26.8. The summed E-state index contributed by atoms with van der Waals surface area (Å²) in [5, 5.41) is 20.7. The third-order valence-corrected chi connectivity index (χ3v) is 3.52. The summed E-state index contributed by atoms with van der Waals surface area (Å²) < 4.78 is 0. The molecular formula is C12H22N2O4. The molecule has 0 aromatic heterocycles. The van der Waals surface area contributed by atoms with Gasteiger partial charge in [-0.2, -0.15) is 0 Å². The molecule has 0 radical (unpaired) electrons. The molecule has 104 valence electrons. The number of hydrogen-bond donors (Lipinski definition) is 3. The van der Waals surface area contributed by atoms with Gasteiger partial charge in [-0.3, -0.25) is 0 Å². The summed E-state index contributed by atoms with van der Waals surface area (Å²) in [7, 11) is 0. The van der Waals surface area contributed by atoms with Crippen LogP contribution in [0.15, 0.2) is 0 Å². The molecule has 0 aromatic rings. The number of carboxylic acids is 1. The van der Waals surface area contributed by atoms with Gasteiger partial charge in [0, 0.05) is 12.1 Å². The minimum Gasteiger partial charge on any atom is -0.480 e. The Bertz CT molecular complexity index is 319. The molecule has 0 aromatic carbocycles. The van der Waals surface area contributed by atoms with Crippen LogP contribution in [0.1, 0.15) is 40.0 Å². The first-order chi connectivity index (χ1) is 8.38. The highest BCUT2D eigenvalue weighted by Gasteiger charge is 2.35. The van der Waals surface area contributed by atoms with Crippen LogP contribution < -0.4 is 5.32 Å². The monoisotopic (exact) mass is 258 g/mol. The van der Waals surface area contributed by atoms with Crippen LogP contribution in [-0.4, -0.2) is 51.3 Å². The van der Waals surface area contributed by atoms with Crippen LogP contribution >= 0.6 is 0 Å². The standard InChI is InChI=1S/C12H22N2O4/c1-4-9-6-5-7(2)14(9)12(18)13-10(8(3)15)11(16)17/h7-10,15H,4-6H2,1-3H3,(H,13,18)(H,16,17). The van der Waals surface area contributed by atoms with Gasteiger partial charge in [0.1, 0.15) is 0 Å². The van der Waals surface area contributed by atoms with Gasteiger partial charge in [0.05, 0.1) is 6.10 Å². The number of urea groups is 1. The molecule has 1 rings (SSSR count). The average Bonchev–Trinajstić information content (AvgIpc) is 2.66. The van der Waals surface area contributed by atoms with Crippen molar-refractivity contribution in [1.82, 2.24) is 10.2 Å². The highest BCUT2D eigenvalue weighted by atomic mass is 16.4. The third kappa shape index (κ3) is 3.13. The van der Waals surface area contributed by atoms with Crippen LogP contribution in [0.2, 0.25) is 0 Å². The number of aliphatic carboxylic acids is 1. The SMILES string of the molecule is CCC1CCC(C)N1C(=O)NC(C(=O)O)C(C)O. The molecule has 0 spiro atoms. The van der Waals surface area contributed by atoms with Crippen LogP contribution in [0.25, 0.3) is 0 Å². The van der Waals surface area contributed by atoms with Crippen molar-refractivity contribution in [1.29, 1.82) is 0 Å². The van der Waals surface area contributed by atoms with Crippen molar-refractivity contribution in [2.24, 2.45) is 0 Å². The molecule has 1 aliphatic heterocycles. The average molecular weight is 258 g/mol. The van der Waals surface area contributed by atoms with Crippen molar-refractivity contribution in [2.75, 3.05) is 0 Å². The van der Waals surface area contributed by atoms with E-state index in [1.807, 2.05) is 13.8 Å². The summed E-state index contributed by atoms with van der Waals surface area (Å²) in [6.07, 6.45) is 1.60. The predicted molar refractivity (Wildman–Crippen MR) is 66.3 cm³/mol. The fraction of sp³-hybridized carbons (Fsp3) is 0.833. The van der Waals surface area contributed by atoms with Crippen molar-refractivity contribution in [2.45, 2.75) is 64.3 Å². The van der Waals surface area contributed by atoms with Gasteiger partial charge >= 0.3 is 12.0 Å². The summed E-state index contributed by atoms with van der Waals surface area (Å²) in [4.78, 5) is 24.7. The summed E-state index contributed by atoms with van der Waals surface area (Å²) in [6.45, 7) is 5.31. The smallest absolute Gasteiger partial charge is 0.328 e. The number of nitrogens with one attached hydrogen (secondary N) is 1. The Morgan fingerprint density at radius 3 is 2.50 bits per heavy atom. The molecule has 0 aliphatic carbocycles. The van der Waals surface area contributed by atoms with Crippen molar-refractivity contribution in [3.05, 3.63) is 0 Å². The number of amides is 2. The molecule has 2 amide bonds. The second-order valence-corrected chi connectivity index (χ2v) is 4.90. The molecule has 1 aliphatic rings. The Balaban J connectivity index is 2.71. The van der Waals surface area contributed by atoms with Crippen molar-refractivity contribution in [3.63, 3.8) is 0 Å². The molecule has 6 nitrogen and oxygen atoms in total. The molecule has 6 heteroatoms. The fourth-order valence-electron chi connectivity index (χ4n) is 2.43. The third-order valence-electron chi connectivity index (χ3n) is 3.52. The molecule has 3 N–H and O–H groups in total. The van der Waals surface area contributed by atoms with E-state index in [0.717, 1.165) is 19.3 Å². The van der Waals surface area contributed by atoms with Crippen LogP contribution in [0.5, 0.6) is 0 Å². The zero-order chi connectivity index (χ0) is 13.9. The molecule has 4 atom stereocenters. The largest absolute Gasteiger partial charge is 0.480 e. The van der Waals surface area contributed by atoms with Crippen LogP contribution in [0.3, 0.4) is 0 Å². The van der Waals surface area contributed by atoms with E-state index in [1.54, 1.807) is 4.90 Å². The maximum absolute atomic E-state index is 12.1. The lowest BCUT2D eigenvalue weighted by Gasteiger charge is -2.30. The number of likely N-dealkylation sites (tertiary alicyclic amines) is 1. The van der Waals surface area contributed by atoms with Crippen LogP contribution in [0, 0.1) is 0 Å². The van der Waals surface area contributed by atoms with Gasteiger partial charge < -0.3 is 20.4 Å². The van der Waals surface area contributed by atoms with Gasteiger partial charge in [-0.15, -0.1) is 0 Å². The van der Waals surface area contributed by atoms with Crippen molar-refractivity contribution in [3.8, 4) is 0 Å². The number of hydrogen-bond acceptors (Lipinski definition) is 3. The second kappa shape index (κ2) is 6.04. The Kier molecular flexibility index (Phi) is 4.95. The summed E-state index contributed by atoms with van der Waals surface area (Å²) in [5.74, 6) is -1.22. The molecule has 1 heterocycles. The van der Waals surface area contributed by atoms with E-state index in [1.165, 1.54) is 6.92 Å². The molecular weight excluding hydrogens is 236 g/mol. The van der Waals surface area contributed by atoms with E-state index < -0.39 is 24.1 Å². The van der Waals surface area contributed by atoms with Gasteiger partial charge in [-0.25, -0.2) is 9.59 Å². The Morgan fingerprint density at radius 2 is 2.06 bits per heavy atom. The number of carboxylic acid groups (broad SMARTS) is 1. The number of carbonyl (C=O) groups is 2. The zero-order valence-corrected chi connectivity index (χ0v) is 11.1. The lowest BCUT2D eigenvalue weighted by atomic mass is 10.1. The number of aliphatic hydroxyl groups excluding tert-OH is 1. The van der Waals surface area contributed by atoms with E-state index in [0.29, 0.717) is 0 Å². The van der Waals surface area contributed by atoms with E-state index in [9.17, 15) is 14.7 Å². The van der Waals surface area contributed by atoms with Gasteiger partial charge in [-0.05, 0) is 33.1 Å².